The van der Waals surface area contributed by atoms with E-state index in [0.29, 0.717) is 73.4 Å². The third-order valence-electron chi connectivity index (χ3n) is 8.81. The lowest BCUT2D eigenvalue weighted by atomic mass is 10.0. The molecule has 41 heavy (non-hydrogen) atoms. The molecule has 2 aromatic carbocycles. The molecule has 0 unspecified atom stereocenters. The summed E-state index contributed by atoms with van der Waals surface area (Å²) in [5.41, 5.74) is 2.92. The molecule has 5 heterocycles. The van der Waals surface area contributed by atoms with Gasteiger partial charge in [-0.25, -0.2) is 9.37 Å². The van der Waals surface area contributed by atoms with Crippen LogP contribution in [0.1, 0.15) is 36.7 Å². The van der Waals surface area contributed by atoms with Gasteiger partial charge < -0.3 is 29.1 Å². The lowest BCUT2D eigenvalue weighted by Crippen LogP contribution is -2.43. The highest BCUT2D eigenvalue weighted by Crippen LogP contribution is 2.38. The molecule has 2 aromatic heterocycles. The van der Waals surface area contributed by atoms with Crippen molar-refractivity contribution in [2.75, 3.05) is 36.5 Å². The number of benzene rings is 2. The summed E-state index contributed by atoms with van der Waals surface area (Å²) in [4.78, 5) is 20.1. The minimum atomic E-state index is -0.463. The Labute approximate surface area is 237 Å². The summed E-state index contributed by atoms with van der Waals surface area (Å²) in [6.07, 6.45) is 4.35. The average molecular weight is 562 g/mol. The standard InChI is InChI=1S/C30H33F2N7O2/c1-18-13-38-17-33-28(32)26(38)15-39(18)29-22-8-10-37(25-12-21(40)11-19-5-3-7-23(31)27(19)25)14-24(22)34-30(35-29)41-16-20-6-4-9-36(20)2/h3,5,7,11-12,17-18,20,40H,4,6,8-10,13-16H2,1-2H3/t18-,20+/m1/s1. The first kappa shape index (κ1) is 25.9. The zero-order valence-electron chi connectivity index (χ0n) is 23.2. The summed E-state index contributed by atoms with van der Waals surface area (Å²) in [5, 5.41) is 11.6. The molecule has 1 fully saturated rings. The normalized spacial score (nSPS) is 20.9. The van der Waals surface area contributed by atoms with Crippen molar-refractivity contribution in [2.45, 2.75) is 57.9 Å². The number of anilines is 2. The predicted octanol–water partition coefficient (Wildman–Crippen LogP) is 4.25. The Kier molecular flexibility index (Phi) is 6.41. The van der Waals surface area contributed by atoms with Gasteiger partial charge in [-0.2, -0.15) is 14.4 Å². The monoisotopic (exact) mass is 561 g/mol. The Morgan fingerprint density at radius 2 is 2.00 bits per heavy atom. The summed E-state index contributed by atoms with van der Waals surface area (Å²) >= 11 is 0. The Morgan fingerprint density at radius 3 is 2.83 bits per heavy atom. The highest BCUT2D eigenvalue weighted by Gasteiger charge is 2.33. The zero-order valence-corrected chi connectivity index (χ0v) is 23.2. The van der Waals surface area contributed by atoms with Gasteiger partial charge in [-0.05, 0) is 57.3 Å². The maximum absolute atomic E-state index is 15.0. The molecule has 4 aromatic rings. The topological polar surface area (TPSA) is 82.8 Å². The third-order valence-corrected chi connectivity index (χ3v) is 8.81. The van der Waals surface area contributed by atoms with Gasteiger partial charge in [-0.3, -0.25) is 0 Å². The molecule has 7 rings (SSSR count). The van der Waals surface area contributed by atoms with E-state index in [2.05, 4.69) is 28.8 Å². The van der Waals surface area contributed by atoms with Crippen LogP contribution in [0.5, 0.6) is 11.8 Å². The molecule has 0 radical (unpaired) electrons. The molecule has 9 nitrogen and oxygen atoms in total. The van der Waals surface area contributed by atoms with Gasteiger partial charge in [0, 0.05) is 42.2 Å². The molecule has 0 bridgehead atoms. The predicted molar refractivity (Wildman–Crippen MR) is 151 cm³/mol. The number of likely N-dealkylation sites (N-methyl/N-ethyl adjacent to an activating group) is 1. The van der Waals surface area contributed by atoms with E-state index in [-0.39, 0.29) is 17.6 Å². The summed E-state index contributed by atoms with van der Waals surface area (Å²) in [6, 6.07) is 8.71. The van der Waals surface area contributed by atoms with E-state index in [1.165, 1.54) is 6.07 Å². The fourth-order valence-electron chi connectivity index (χ4n) is 6.53. The zero-order chi connectivity index (χ0) is 28.2. The second-order valence-electron chi connectivity index (χ2n) is 11.4. The van der Waals surface area contributed by atoms with Crippen molar-refractivity contribution in [1.29, 1.82) is 0 Å². The van der Waals surface area contributed by atoms with Crippen molar-refractivity contribution in [3.8, 4) is 11.8 Å². The summed E-state index contributed by atoms with van der Waals surface area (Å²) < 4.78 is 37.7. The maximum atomic E-state index is 15.0. The van der Waals surface area contributed by atoms with Crippen LogP contribution in [0.15, 0.2) is 36.7 Å². The van der Waals surface area contributed by atoms with Gasteiger partial charge in [0.15, 0.2) is 0 Å². The first-order valence-corrected chi connectivity index (χ1v) is 14.2. The quantitative estimate of drug-likeness (QED) is 0.387. The van der Waals surface area contributed by atoms with E-state index < -0.39 is 5.95 Å². The lowest BCUT2D eigenvalue weighted by Gasteiger charge is -2.38. The van der Waals surface area contributed by atoms with Crippen LogP contribution >= 0.6 is 0 Å². The van der Waals surface area contributed by atoms with Crippen molar-refractivity contribution in [1.82, 2.24) is 24.4 Å². The van der Waals surface area contributed by atoms with Crippen molar-refractivity contribution < 1.29 is 18.6 Å². The van der Waals surface area contributed by atoms with Gasteiger partial charge in [0.05, 0.1) is 36.5 Å². The molecule has 0 aliphatic carbocycles. The van der Waals surface area contributed by atoms with E-state index >= 15 is 4.39 Å². The van der Waals surface area contributed by atoms with Crippen LogP contribution in [0.25, 0.3) is 10.8 Å². The number of phenolic OH excluding ortho intramolecular Hbond substituents is 1. The molecular weight excluding hydrogens is 528 g/mol. The number of aromatic hydroxyl groups is 1. The van der Waals surface area contributed by atoms with Crippen LogP contribution in [-0.2, 0) is 26.1 Å². The van der Waals surface area contributed by atoms with Gasteiger partial charge in [0.1, 0.15) is 24.0 Å². The van der Waals surface area contributed by atoms with Gasteiger partial charge in [-0.15, -0.1) is 0 Å². The van der Waals surface area contributed by atoms with Crippen LogP contribution in [0.3, 0.4) is 0 Å². The molecule has 2 atom stereocenters. The average Bonchev–Trinajstić information content (AvgIpc) is 3.54. The minimum Gasteiger partial charge on any atom is -0.508 e. The number of ether oxygens (including phenoxy) is 1. The molecule has 0 spiro atoms. The van der Waals surface area contributed by atoms with Gasteiger partial charge >= 0.3 is 6.01 Å². The molecule has 1 saturated heterocycles. The number of nitrogens with zero attached hydrogens (tertiary/aromatic N) is 7. The van der Waals surface area contributed by atoms with E-state index in [0.717, 1.165) is 36.5 Å². The SMILES string of the molecule is C[C@@H]1Cn2cnc(F)c2CN1c1nc(OC[C@@H]2CCCN2C)nc2c1CCN(c1cc(O)cc3cccc(F)c13)C2. The smallest absolute Gasteiger partial charge is 0.318 e. The largest absolute Gasteiger partial charge is 0.508 e. The second kappa shape index (κ2) is 10.1. The maximum Gasteiger partial charge on any atom is 0.318 e. The van der Waals surface area contributed by atoms with Gasteiger partial charge in [-0.1, -0.05) is 12.1 Å². The summed E-state index contributed by atoms with van der Waals surface area (Å²) in [7, 11) is 2.10. The molecule has 3 aliphatic rings. The second-order valence-corrected chi connectivity index (χ2v) is 11.4. The molecule has 0 saturated carbocycles. The molecule has 11 heteroatoms. The number of fused-ring (bicyclic) bond motifs is 3. The fourth-order valence-corrected chi connectivity index (χ4v) is 6.53. The number of hydrogen-bond donors (Lipinski definition) is 1. The van der Waals surface area contributed by atoms with Crippen LogP contribution in [-0.4, -0.2) is 68.4 Å². The van der Waals surface area contributed by atoms with Crippen molar-refractivity contribution in [3.63, 3.8) is 0 Å². The number of hydrogen-bond acceptors (Lipinski definition) is 8. The Morgan fingerprint density at radius 1 is 1.12 bits per heavy atom. The Hall–Kier alpha value is -3.99. The van der Waals surface area contributed by atoms with Crippen LogP contribution in [0.2, 0.25) is 0 Å². The van der Waals surface area contributed by atoms with E-state index in [9.17, 15) is 9.50 Å². The molecule has 3 aliphatic heterocycles. The fraction of sp³-hybridized carbons (Fsp3) is 0.433. The van der Waals surface area contributed by atoms with Crippen LogP contribution in [0, 0.1) is 11.8 Å². The van der Waals surface area contributed by atoms with Crippen LogP contribution in [0.4, 0.5) is 20.3 Å². The first-order chi connectivity index (χ1) is 19.9. The van der Waals surface area contributed by atoms with E-state index in [1.54, 1.807) is 30.6 Å². The Bertz CT molecular complexity index is 1630. The molecule has 214 valence electrons. The minimum absolute atomic E-state index is 0.0473. The lowest BCUT2D eigenvalue weighted by molar-refractivity contribution is 0.187. The van der Waals surface area contributed by atoms with Crippen LogP contribution < -0.4 is 14.5 Å². The van der Waals surface area contributed by atoms with Gasteiger partial charge in [0.2, 0.25) is 5.95 Å². The number of aromatic nitrogens is 4. The van der Waals surface area contributed by atoms with Gasteiger partial charge in [0.25, 0.3) is 0 Å². The summed E-state index contributed by atoms with van der Waals surface area (Å²) in [5.74, 6) is 0.0279. The number of imidazole rings is 1. The third kappa shape index (κ3) is 4.61. The number of rotatable bonds is 5. The first-order valence-electron chi connectivity index (χ1n) is 14.2. The van der Waals surface area contributed by atoms with Crippen molar-refractivity contribution >= 4 is 22.3 Å². The molecule has 1 N–H and O–H groups in total. The highest BCUT2D eigenvalue weighted by atomic mass is 19.1. The number of likely N-dealkylation sites (tertiary alicyclic amines) is 1. The summed E-state index contributed by atoms with van der Waals surface area (Å²) in [6.45, 7) is 5.53. The van der Waals surface area contributed by atoms with E-state index in [4.69, 9.17) is 14.7 Å². The van der Waals surface area contributed by atoms with Crippen molar-refractivity contribution in [3.05, 3.63) is 65.4 Å². The molecule has 0 amide bonds. The highest BCUT2D eigenvalue weighted by molar-refractivity contribution is 5.96. The van der Waals surface area contributed by atoms with E-state index in [1.807, 2.05) is 9.47 Å². The number of phenols is 1. The molecular formula is C30H33F2N7O2. The number of halogens is 2. The van der Waals surface area contributed by atoms with Crippen molar-refractivity contribution in [2.24, 2.45) is 0 Å². The Balaban J connectivity index is 1.27.